The number of hydrogen-bond acceptors (Lipinski definition) is 4. The number of aromatic nitrogens is 1. The molecule has 0 fully saturated rings. The molecule has 0 spiro atoms. The van der Waals surface area contributed by atoms with Gasteiger partial charge in [-0.2, -0.15) is 0 Å². The van der Waals surface area contributed by atoms with Crippen molar-refractivity contribution in [2.75, 3.05) is 32.6 Å². The number of hydrogen-bond donors (Lipinski definition) is 2. The maximum absolute atomic E-state index is 4.61. The molecule has 2 aromatic carbocycles. The number of guanidine groups is 1. The molecule has 146 valence electrons. The summed E-state index contributed by atoms with van der Waals surface area (Å²) in [6.07, 6.45) is 0. The Bertz CT molecular complexity index is 835. The van der Waals surface area contributed by atoms with Gasteiger partial charge in [0.2, 0.25) is 0 Å². The first-order valence-corrected chi connectivity index (χ1v) is 10.2. The van der Waals surface area contributed by atoms with Gasteiger partial charge >= 0.3 is 0 Å². The molecule has 3 aromatic rings. The van der Waals surface area contributed by atoms with Gasteiger partial charge in [-0.1, -0.05) is 60.7 Å². The first-order chi connectivity index (χ1) is 13.7. The summed E-state index contributed by atoms with van der Waals surface area (Å²) in [4.78, 5) is 11.0. The Morgan fingerprint density at radius 3 is 2.11 bits per heavy atom. The highest BCUT2D eigenvalue weighted by Crippen LogP contribution is 2.23. The fraction of sp³-hybridized carbons (Fsp3) is 0.273. The predicted octanol–water partition coefficient (Wildman–Crippen LogP) is 3.71. The largest absolute Gasteiger partial charge is 0.355 e. The lowest BCUT2D eigenvalue weighted by molar-refractivity contribution is 0.725. The van der Waals surface area contributed by atoms with E-state index in [4.69, 9.17) is 0 Å². The molecule has 0 aliphatic carbocycles. The first kappa shape index (κ1) is 19.9. The number of nitrogens with one attached hydrogen (secondary N) is 2. The summed E-state index contributed by atoms with van der Waals surface area (Å²) < 4.78 is 0. The standard InChI is InChI=1S/C22H27N5S/c1-23-21(24-14-19-16-28-22(26-19)27(2)3)25-15-20(17-10-6-4-7-11-17)18-12-8-5-9-13-18/h4-13,16,20H,14-15H2,1-3H3,(H2,23,24,25). The minimum absolute atomic E-state index is 0.251. The lowest BCUT2D eigenvalue weighted by Crippen LogP contribution is -2.39. The molecule has 0 aliphatic heterocycles. The lowest BCUT2D eigenvalue weighted by Gasteiger charge is -2.20. The highest BCUT2D eigenvalue weighted by atomic mass is 32.1. The van der Waals surface area contributed by atoms with Gasteiger partial charge in [-0.25, -0.2) is 4.98 Å². The van der Waals surface area contributed by atoms with Crippen LogP contribution < -0.4 is 15.5 Å². The number of benzene rings is 2. The minimum Gasteiger partial charge on any atom is -0.355 e. The Hall–Kier alpha value is -2.86. The van der Waals surface area contributed by atoms with Crippen molar-refractivity contribution in [3.05, 3.63) is 82.9 Å². The van der Waals surface area contributed by atoms with Crippen LogP contribution in [0.3, 0.4) is 0 Å². The number of nitrogens with zero attached hydrogens (tertiary/aromatic N) is 3. The van der Waals surface area contributed by atoms with Crippen LogP contribution in [0.1, 0.15) is 22.7 Å². The topological polar surface area (TPSA) is 52.6 Å². The van der Waals surface area contributed by atoms with Crippen LogP contribution >= 0.6 is 11.3 Å². The van der Waals surface area contributed by atoms with E-state index in [9.17, 15) is 0 Å². The number of thiazole rings is 1. The summed E-state index contributed by atoms with van der Waals surface area (Å²) in [5.41, 5.74) is 3.58. The summed E-state index contributed by atoms with van der Waals surface area (Å²) in [6, 6.07) is 21.1. The maximum atomic E-state index is 4.61. The zero-order valence-electron chi connectivity index (χ0n) is 16.6. The van der Waals surface area contributed by atoms with E-state index in [1.165, 1.54) is 11.1 Å². The molecule has 28 heavy (non-hydrogen) atoms. The van der Waals surface area contributed by atoms with Crippen molar-refractivity contribution in [1.29, 1.82) is 0 Å². The Morgan fingerprint density at radius 2 is 1.61 bits per heavy atom. The summed E-state index contributed by atoms with van der Waals surface area (Å²) in [5.74, 6) is 1.02. The van der Waals surface area contributed by atoms with Gasteiger partial charge in [0.05, 0.1) is 12.2 Å². The molecule has 0 atom stereocenters. The van der Waals surface area contributed by atoms with Crippen LogP contribution in [0.2, 0.25) is 0 Å². The molecule has 2 N–H and O–H groups in total. The zero-order valence-corrected chi connectivity index (χ0v) is 17.4. The normalized spacial score (nSPS) is 11.5. The van der Waals surface area contributed by atoms with Crippen molar-refractivity contribution in [3.8, 4) is 0 Å². The van der Waals surface area contributed by atoms with Crippen LogP contribution in [-0.2, 0) is 6.54 Å². The van der Waals surface area contributed by atoms with Crippen molar-refractivity contribution in [2.24, 2.45) is 4.99 Å². The minimum atomic E-state index is 0.251. The molecule has 0 unspecified atom stereocenters. The molecule has 1 aromatic heterocycles. The van der Waals surface area contributed by atoms with Crippen molar-refractivity contribution in [3.63, 3.8) is 0 Å². The fourth-order valence-corrected chi connectivity index (χ4v) is 3.73. The van der Waals surface area contributed by atoms with E-state index in [0.29, 0.717) is 6.54 Å². The summed E-state index contributed by atoms with van der Waals surface area (Å²) in [6.45, 7) is 1.40. The van der Waals surface area contributed by atoms with Crippen LogP contribution in [0.4, 0.5) is 5.13 Å². The van der Waals surface area contributed by atoms with Crippen LogP contribution in [0.15, 0.2) is 71.0 Å². The Balaban J connectivity index is 1.64. The molecule has 6 heteroatoms. The third kappa shape index (κ3) is 5.33. The second-order valence-electron chi connectivity index (χ2n) is 6.70. The molecule has 0 bridgehead atoms. The lowest BCUT2D eigenvalue weighted by atomic mass is 9.91. The average molecular weight is 394 g/mol. The zero-order chi connectivity index (χ0) is 19.8. The van der Waals surface area contributed by atoms with Gasteiger partial charge in [-0.15, -0.1) is 11.3 Å². The van der Waals surface area contributed by atoms with Gasteiger partial charge in [0.15, 0.2) is 11.1 Å². The van der Waals surface area contributed by atoms with Crippen LogP contribution in [0.25, 0.3) is 0 Å². The third-order valence-electron chi connectivity index (χ3n) is 4.46. The molecule has 1 heterocycles. The highest BCUT2D eigenvalue weighted by molar-refractivity contribution is 7.13. The van der Waals surface area contributed by atoms with E-state index in [1.54, 1.807) is 18.4 Å². The van der Waals surface area contributed by atoms with Gasteiger partial charge in [0, 0.05) is 39.0 Å². The molecular weight excluding hydrogens is 366 g/mol. The Kier molecular flexibility index (Phi) is 7.03. The van der Waals surface area contributed by atoms with E-state index in [2.05, 4.69) is 86.7 Å². The summed E-state index contributed by atoms with van der Waals surface area (Å²) in [7, 11) is 5.80. The predicted molar refractivity (Wildman–Crippen MR) is 119 cm³/mol. The van der Waals surface area contributed by atoms with Gasteiger partial charge in [-0.05, 0) is 11.1 Å². The van der Waals surface area contributed by atoms with Crippen LogP contribution in [-0.4, -0.2) is 38.6 Å². The fourth-order valence-electron chi connectivity index (χ4n) is 2.98. The molecule has 3 rings (SSSR count). The van der Waals surface area contributed by atoms with E-state index in [1.807, 2.05) is 19.0 Å². The molecule has 0 amide bonds. The SMILES string of the molecule is CN=C(NCc1csc(N(C)C)n1)NCC(c1ccccc1)c1ccccc1. The average Bonchev–Trinajstić information content (AvgIpc) is 3.21. The van der Waals surface area contributed by atoms with Gasteiger partial charge in [0.1, 0.15) is 0 Å². The van der Waals surface area contributed by atoms with E-state index < -0.39 is 0 Å². The second kappa shape index (κ2) is 9.90. The van der Waals surface area contributed by atoms with E-state index >= 15 is 0 Å². The van der Waals surface area contributed by atoms with Crippen molar-refractivity contribution in [2.45, 2.75) is 12.5 Å². The van der Waals surface area contributed by atoms with Crippen LogP contribution in [0, 0.1) is 0 Å². The van der Waals surface area contributed by atoms with Crippen molar-refractivity contribution in [1.82, 2.24) is 15.6 Å². The molecule has 0 radical (unpaired) electrons. The van der Waals surface area contributed by atoms with Crippen molar-refractivity contribution < 1.29 is 0 Å². The number of aliphatic imine (C=N–C) groups is 1. The first-order valence-electron chi connectivity index (χ1n) is 9.33. The maximum Gasteiger partial charge on any atom is 0.191 e. The molecular formula is C22H27N5S. The molecule has 5 nitrogen and oxygen atoms in total. The number of rotatable bonds is 7. The van der Waals surface area contributed by atoms with E-state index in [0.717, 1.165) is 23.3 Å². The Morgan fingerprint density at radius 1 is 1.00 bits per heavy atom. The highest BCUT2D eigenvalue weighted by Gasteiger charge is 2.14. The van der Waals surface area contributed by atoms with Crippen molar-refractivity contribution >= 4 is 22.4 Å². The van der Waals surface area contributed by atoms with Crippen LogP contribution in [0.5, 0.6) is 0 Å². The third-order valence-corrected chi connectivity index (χ3v) is 5.52. The smallest absolute Gasteiger partial charge is 0.191 e. The Labute approximate surface area is 171 Å². The number of anilines is 1. The second-order valence-corrected chi connectivity index (χ2v) is 7.53. The van der Waals surface area contributed by atoms with Gasteiger partial charge in [-0.3, -0.25) is 4.99 Å². The van der Waals surface area contributed by atoms with Gasteiger partial charge < -0.3 is 15.5 Å². The summed E-state index contributed by atoms with van der Waals surface area (Å²) >= 11 is 1.64. The monoisotopic (exact) mass is 393 g/mol. The summed E-state index contributed by atoms with van der Waals surface area (Å²) in [5, 5.41) is 9.91. The van der Waals surface area contributed by atoms with Gasteiger partial charge in [0.25, 0.3) is 0 Å². The van der Waals surface area contributed by atoms with E-state index in [-0.39, 0.29) is 5.92 Å². The molecule has 0 aliphatic rings. The molecule has 0 saturated heterocycles. The molecule has 0 saturated carbocycles. The quantitative estimate of drug-likeness (QED) is 0.475.